The molecular formula is C18H30O8. The second-order valence-corrected chi connectivity index (χ2v) is 6.06. The average Bonchev–Trinajstić information content (AvgIpc) is 2.59. The Bertz CT molecular complexity index is 393. The molecule has 0 amide bonds. The average molecular weight is 374 g/mol. The molecule has 0 aliphatic rings. The number of unbranched alkanes of at least 4 members (excludes halogenated alkanes) is 7. The first-order valence-corrected chi connectivity index (χ1v) is 9.16. The predicted molar refractivity (Wildman–Crippen MR) is 92.6 cm³/mol. The highest BCUT2D eigenvalue weighted by molar-refractivity contribution is 5.76. The summed E-state index contributed by atoms with van der Waals surface area (Å²) in [5.74, 6) is -2.93. The van der Waals surface area contributed by atoms with E-state index in [1.54, 1.807) is 0 Å². The lowest BCUT2D eigenvalue weighted by Gasteiger charge is -2.05. The number of ether oxygens (including phenoxy) is 2. The fraction of sp³-hybridized carbons (Fsp3) is 0.778. The number of aliphatic carboxylic acids is 2. The predicted octanol–water partition coefficient (Wildman–Crippen LogP) is 2.92. The van der Waals surface area contributed by atoms with Crippen molar-refractivity contribution < 1.29 is 38.9 Å². The first-order valence-electron chi connectivity index (χ1n) is 9.16. The molecular weight excluding hydrogens is 344 g/mol. The monoisotopic (exact) mass is 374 g/mol. The molecule has 8 nitrogen and oxygen atoms in total. The zero-order valence-corrected chi connectivity index (χ0v) is 15.2. The number of hydrogen-bond donors (Lipinski definition) is 2. The van der Waals surface area contributed by atoms with Gasteiger partial charge in [-0.2, -0.15) is 0 Å². The number of esters is 2. The quantitative estimate of drug-likeness (QED) is 0.294. The van der Waals surface area contributed by atoms with Crippen LogP contribution in [0.2, 0.25) is 0 Å². The minimum Gasteiger partial charge on any atom is -0.481 e. The molecule has 0 aliphatic carbocycles. The van der Waals surface area contributed by atoms with Gasteiger partial charge in [0, 0.05) is 0 Å². The lowest BCUT2D eigenvalue weighted by Crippen LogP contribution is -2.08. The topological polar surface area (TPSA) is 127 Å². The molecule has 0 aromatic carbocycles. The van der Waals surface area contributed by atoms with Crippen LogP contribution in [-0.4, -0.2) is 47.3 Å². The van der Waals surface area contributed by atoms with E-state index < -0.39 is 23.9 Å². The normalized spacial score (nSPS) is 10.3. The van der Waals surface area contributed by atoms with Gasteiger partial charge in [-0.3, -0.25) is 19.2 Å². The van der Waals surface area contributed by atoms with Gasteiger partial charge in [-0.1, -0.05) is 38.5 Å². The van der Waals surface area contributed by atoms with Crippen LogP contribution in [0.5, 0.6) is 0 Å². The summed E-state index contributed by atoms with van der Waals surface area (Å²) in [6.45, 7) is 0.678. The minimum atomic E-state index is -1.00. The molecule has 0 unspecified atom stereocenters. The Balaban J connectivity index is 3.24. The lowest BCUT2D eigenvalue weighted by atomic mass is 10.1. The van der Waals surface area contributed by atoms with Crippen molar-refractivity contribution in [2.75, 3.05) is 13.2 Å². The van der Waals surface area contributed by atoms with E-state index in [0.29, 0.717) is 13.2 Å². The fourth-order valence-electron chi connectivity index (χ4n) is 2.20. The molecule has 150 valence electrons. The summed E-state index contributed by atoms with van der Waals surface area (Å²) in [5.41, 5.74) is 0. The van der Waals surface area contributed by atoms with Crippen molar-refractivity contribution in [3.8, 4) is 0 Å². The van der Waals surface area contributed by atoms with Crippen LogP contribution in [0.15, 0.2) is 0 Å². The second kappa shape index (κ2) is 16.4. The van der Waals surface area contributed by atoms with E-state index in [1.807, 2.05) is 0 Å². The van der Waals surface area contributed by atoms with Gasteiger partial charge in [0.1, 0.15) is 0 Å². The molecule has 0 aromatic heterocycles. The molecule has 0 heterocycles. The number of hydrogen-bond acceptors (Lipinski definition) is 6. The largest absolute Gasteiger partial charge is 0.481 e. The Morgan fingerprint density at radius 3 is 1.12 bits per heavy atom. The smallest absolute Gasteiger partial charge is 0.306 e. The van der Waals surface area contributed by atoms with E-state index in [-0.39, 0.29) is 25.7 Å². The van der Waals surface area contributed by atoms with E-state index in [2.05, 4.69) is 0 Å². The maximum atomic E-state index is 11.2. The maximum Gasteiger partial charge on any atom is 0.306 e. The Hall–Kier alpha value is -2.12. The van der Waals surface area contributed by atoms with Crippen LogP contribution in [0.4, 0.5) is 0 Å². The third kappa shape index (κ3) is 18.2. The summed E-state index contributed by atoms with van der Waals surface area (Å²) in [5, 5.41) is 16.9. The van der Waals surface area contributed by atoms with Crippen molar-refractivity contribution in [3.63, 3.8) is 0 Å². The zero-order valence-electron chi connectivity index (χ0n) is 15.2. The first kappa shape index (κ1) is 23.9. The van der Waals surface area contributed by atoms with Gasteiger partial charge in [0.05, 0.1) is 38.9 Å². The van der Waals surface area contributed by atoms with Crippen molar-refractivity contribution in [2.45, 2.75) is 77.0 Å². The van der Waals surface area contributed by atoms with Crippen LogP contribution in [0.25, 0.3) is 0 Å². The summed E-state index contributed by atoms with van der Waals surface area (Å²) in [6.07, 6.45) is 7.23. The Morgan fingerprint density at radius 1 is 0.500 bits per heavy atom. The van der Waals surface area contributed by atoms with E-state index in [9.17, 15) is 19.2 Å². The Kier molecular flexibility index (Phi) is 15.0. The fourth-order valence-corrected chi connectivity index (χ4v) is 2.20. The van der Waals surface area contributed by atoms with E-state index >= 15 is 0 Å². The molecule has 0 aromatic rings. The third-order valence-electron chi connectivity index (χ3n) is 3.65. The van der Waals surface area contributed by atoms with Gasteiger partial charge in [-0.05, 0) is 12.8 Å². The van der Waals surface area contributed by atoms with E-state index in [0.717, 1.165) is 51.4 Å². The number of rotatable bonds is 17. The molecule has 0 saturated carbocycles. The molecule has 8 heteroatoms. The minimum absolute atomic E-state index is 0.0792. The molecule has 0 aliphatic heterocycles. The van der Waals surface area contributed by atoms with Crippen molar-refractivity contribution in [3.05, 3.63) is 0 Å². The van der Waals surface area contributed by atoms with Gasteiger partial charge in [0.25, 0.3) is 0 Å². The van der Waals surface area contributed by atoms with Crippen molar-refractivity contribution in [1.29, 1.82) is 0 Å². The van der Waals surface area contributed by atoms with Gasteiger partial charge in [-0.25, -0.2) is 0 Å². The highest BCUT2D eigenvalue weighted by Gasteiger charge is 2.06. The lowest BCUT2D eigenvalue weighted by molar-refractivity contribution is -0.147. The molecule has 0 saturated heterocycles. The van der Waals surface area contributed by atoms with Crippen LogP contribution in [-0.2, 0) is 28.7 Å². The molecule has 0 bridgehead atoms. The third-order valence-corrected chi connectivity index (χ3v) is 3.65. The highest BCUT2D eigenvalue weighted by Crippen LogP contribution is 2.09. The van der Waals surface area contributed by atoms with Crippen molar-refractivity contribution in [1.82, 2.24) is 0 Å². The van der Waals surface area contributed by atoms with Crippen molar-refractivity contribution in [2.24, 2.45) is 0 Å². The van der Waals surface area contributed by atoms with Gasteiger partial charge >= 0.3 is 23.9 Å². The summed E-state index contributed by atoms with van der Waals surface area (Å²) in [6, 6.07) is 0. The summed E-state index contributed by atoms with van der Waals surface area (Å²) >= 11 is 0. The van der Waals surface area contributed by atoms with E-state index in [1.165, 1.54) is 0 Å². The van der Waals surface area contributed by atoms with Gasteiger partial charge in [-0.15, -0.1) is 0 Å². The number of carboxylic acids is 2. The zero-order chi connectivity index (χ0) is 19.6. The van der Waals surface area contributed by atoms with Crippen LogP contribution >= 0.6 is 0 Å². The molecule has 26 heavy (non-hydrogen) atoms. The molecule has 0 radical (unpaired) electrons. The van der Waals surface area contributed by atoms with Gasteiger partial charge < -0.3 is 19.7 Å². The highest BCUT2D eigenvalue weighted by atomic mass is 16.5. The second-order valence-electron chi connectivity index (χ2n) is 6.06. The summed E-state index contributed by atoms with van der Waals surface area (Å²) in [7, 11) is 0. The molecule has 0 fully saturated rings. The van der Waals surface area contributed by atoms with E-state index in [4.69, 9.17) is 19.7 Å². The Labute approximate surface area is 153 Å². The maximum absolute atomic E-state index is 11.2. The number of carboxylic acid groups (broad SMARTS) is 2. The SMILES string of the molecule is O=C(O)CCC(=O)OCCCCCCCCCCOC(=O)CCC(=O)O. The summed E-state index contributed by atoms with van der Waals surface area (Å²) in [4.78, 5) is 42.9. The number of carbonyl (C=O) groups excluding carboxylic acids is 2. The molecule has 2 N–H and O–H groups in total. The standard InChI is InChI=1S/C18H30O8/c19-15(20)9-11-17(23)25-13-7-5-3-1-2-4-6-8-14-26-18(24)12-10-16(21)22/h1-14H2,(H,19,20)(H,21,22). The van der Waals surface area contributed by atoms with Gasteiger partial charge in [0.2, 0.25) is 0 Å². The van der Waals surface area contributed by atoms with Crippen LogP contribution in [0, 0.1) is 0 Å². The van der Waals surface area contributed by atoms with Crippen LogP contribution < -0.4 is 0 Å². The van der Waals surface area contributed by atoms with Gasteiger partial charge in [0.15, 0.2) is 0 Å². The molecule has 0 atom stereocenters. The van der Waals surface area contributed by atoms with Crippen LogP contribution in [0.1, 0.15) is 77.0 Å². The Morgan fingerprint density at radius 2 is 0.808 bits per heavy atom. The van der Waals surface area contributed by atoms with Crippen LogP contribution in [0.3, 0.4) is 0 Å². The first-order chi connectivity index (χ1) is 12.4. The summed E-state index contributed by atoms with van der Waals surface area (Å²) < 4.78 is 9.88. The molecule has 0 rings (SSSR count). The van der Waals surface area contributed by atoms with Crippen molar-refractivity contribution >= 4 is 23.9 Å². The number of carbonyl (C=O) groups is 4. The molecule has 0 spiro atoms.